The zero-order chi connectivity index (χ0) is 17.0. The first-order chi connectivity index (χ1) is 10.8. The van der Waals surface area contributed by atoms with Crippen LogP contribution in [0.2, 0.25) is 0 Å². The number of nitrogens with zero attached hydrogens (tertiary/aromatic N) is 1. The van der Waals surface area contributed by atoms with Crippen molar-refractivity contribution in [3.05, 3.63) is 29.8 Å². The molecule has 0 aromatic heterocycles. The highest BCUT2D eigenvalue weighted by Crippen LogP contribution is 2.19. The minimum atomic E-state index is -3.71. The lowest BCUT2D eigenvalue weighted by atomic mass is 10.2. The van der Waals surface area contributed by atoms with Crippen LogP contribution in [0.25, 0.3) is 0 Å². The highest BCUT2D eigenvalue weighted by atomic mass is 32.2. The normalized spacial score (nSPS) is 17.4. The van der Waals surface area contributed by atoms with Crippen LogP contribution < -0.4 is 5.73 Å². The number of hydrogen-bond acceptors (Lipinski definition) is 6. The van der Waals surface area contributed by atoms with Crippen LogP contribution in [0.5, 0.6) is 0 Å². The van der Waals surface area contributed by atoms with E-state index in [9.17, 15) is 18.0 Å². The molecule has 1 saturated heterocycles. The first-order valence-corrected chi connectivity index (χ1v) is 8.44. The van der Waals surface area contributed by atoms with Crippen molar-refractivity contribution in [2.24, 2.45) is 5.73 Å². The Morgan fingerprint density at radius 3 is 2.57 bits per heavy atom. The first-order valence-electron chi connectivity index (χ1n) is 7.00. The monoisotopic (exact) mass is 342 g/mol. The molecule has 2 rings (SSSR count). The van der Waals surface area contributed by atoms with E-state index in [4.69, 9.17) is 15.2 Å². The zero-order valence-electron chi connectivity index (χ0n) is 12.6. The number of carbonyl (C=O) groups excluding carboxylic acids is 2. The minimum absolute atomic E-state index is 0.0134. The van der Waals surface area contributed by atoms with Gasteiger partial charge < -0.3 is 15.2 Å². The first kappa shape index (κ1) is 17.4. The van der Waals surface area contributed by atoms with Gasteiger partial charge in [-0.3, -0.25) is 4.79 Å². The summed E-state index contributed by atoms with van der Waals surface area (Å²) in [5.41, 5.74) is 5.06. The summed E-state index contributed by atoms with van der Waals surface area (Å²) in [6.07, 6.45) is -1.10. The van der Waals surface area contributed by atoms with Crippen LogP contribution in [0, 0.1) is 0 Å². The molecule has 0 unspecified atom stereocenters. The van der Waals surface area contributed by atoms with Crippen LogP contribution in [0.3, 0.4) is 0 Å². The lowest BCUT2D eigenvalue weighted by Gasteiger charge is -2.26. The van der Waals surface area contributed by atoms with Crippen molar-refractivity contribution >= 4 is 21.9 Å². The van der Waals surface area contributed by atoms with Crippen molar-refractivity contribution in [3.63, 3.8) is 0 Å². The molecular weight excluding hydrogens is 324 g/mol. The topological polar surface area (TPSA) is 116 Å². The molecule has 1 heterocycles. The van der Waals surface area contributed by atoms with E-state index < -0.39 is 28.0 Å². The molecule has 0 bridgehead atoms. The van der Waals surface area contributed by atoms with Crippen LogP contribution >= 0.6 is 0 Å². The summed E-state index contributed by atoms with van der Waals surface area (Å²) in [6.45, 7) is 2.52. The Balaban J connectivity index is 2.22. The number of rotatable bonds is 5. The van der Waals surface area contributed by atoms with Gasteiger partial charge in [0.15, 0.2) is 6.10 Å². The molecule has 2 N–H and O–H groups in total. The van der Waals surface area contributed by atoms with Gasteiger partial charge in [0, 0.05) is 13.1 Å². The van der Waals surface area contributed by atoms with E-state index in [1.807, 2.05) is 0 Å². The predicted molar refractivity (Wildman–Crippen MR) is 80.1 cm³/mol. The van der Waals surface area contributed by atoms with E-state index in [2.05, 4.69) is 0 Å². The fourth-order valence-corrected chi connectivity index (χ4v) is 3.46. The summed E-state index contributed by atoms with van der Waals surface area (Å²) in [7, 11) is -3.71. The summed E-state index contributed by atoms with van der Waals surface area (Å²) < 4.78 is 36.4. The van der Waals surface area contributed by atoms with Crippen LogP contribution in [-0.4, -0.2) is 57.0 Å². The number of hydrogen-bond donors (Lipinski definition) is 1. The molecular formula is C14H18N2O6S. The van der Waals surface area contributed by atoms with Gasteiger partial charge >= 0.3 is 5.97 Å². The van der Waals surface area contributed by atoms with Gasteiger partial charge in [0.1, 0.15) is 0 Å². The largest absolute Gasteiger partial charge is 0.449 e. The SMILES string of the molecule is C[C@H](OC(=O)c1cccc(S(=O)(=O)N2CCOCC2)c1)C(N)=O. The number of carbonyl (C=O) groups is 2. The van der Waals surface area contributed by atoms with E-state index >= 15 is 0 Å². The quantitative estimate of drug-likeness (QED) is 0.737. The van der Waals surface area contributed by atoms with Gasteiger partial charge in [-0.15, -0.1) is 0 Å². The molecule has 9 heteroatoms. The van der Waals surface area contributed by atoms with Crippen molar-refractivity contribution in [1.29, 1.82) is 0 Å². The average Bonchev–Trinajstić information content (AvgIpc) is 2.55. The van der Waals surface area contributed by atoms with Gasteiger partial charge in [-0.1, -0.05) is 6.07 Å². The number of ether oxygens (including phenoxy) is 2. The second-order valence-corrected chi connectivity index (χ2v) is 6.93. The van der Waals surface area contributed by atoms with E-state index in [-0.39, 0.29) is 23.5 Å². The molecule has 0 aliphatic carbocycles. The Labute approximate surface area is 134 Å². The third-order valence-corrected chi connectivity index (χ3v) is 5.26. The van der Waals surface area contributed by atoms with Crippen LogP contribution in [0.4, 0.5) is 0 Å². The van der Waals surface area contributed by atoms with Crippen molar-refractivity contribution in [1.82, 2.24) is 4.31 Å². The molecule has 1 amide bonds. The second kappa shape index (κ2) is 7.07. The average molecular weight is 342 g/mol. The number of morpholine rings is 1. The number of esters is 1. The maximum atomic E-state index is 12.5. The number of benzene rings is 1. The van der Waals surface area contributed by atoms with Gasteiger partial charge in [0.2, 0.25) is 10.0 Å². The van der Waals surface area contributed by atoms with Crippen LogP contribution in [0.15, 0.2) is 29.2 Å². The highest BCUT2D eigenvalue weighted by Gasteiger charge is 2.27. The Morgan fingerprint density at radius 2 is 1.96 bits per heavy atom. The molecule has 0 saturated carbocycles. The Hall–Kier alpha value is -1.97. The Morgan fingerprint density at radius 1 is 1.30 bits per heavy atom. The molecule has 8 nitrogen and oxygen atoms in total. The Kier molecular flexibility index (Phi) is 5.34. The molecule has 1 fully saturated rings. The molecule has 1 aromatic rings. The third kappa shape index (κ3) is 4.06. The fraction of sp³-hybridized carbons (Fsp3) is 0.429. The van der Waals surface area contributed by atoms with Gasteiger partial charge in [-0.2, -0.15) is 4.31 Å². The summed E-state index contributed by atoms with van der Waals surface area (Å²) in [5, 5.41) is 0. The number of nitrogens with two attached hydrogens (primary N) is 1. The molecule has 1 aromatic carbocycles. The standard InChI is InChI=1S/C14H18N2O6S/c1-10(13(15)17)22-14(18)11-3-2-4-12(9-11)23(19,20)16-5-7-21-8-6-16/h2-4,9-10H,5-8H2,1H3,(H2,15,17)/t10-/m0/s1. The molecule has 23 heavy (non-hydrogen) atoms. The lowest BCUT2D eigenvalue weighted by Crippen LogP contribution is -2.40. The molecule has 1 atom stereocenters. The minimum Gasteiger partial charge on any atom is -0.449 e. The number of amides is 1. The van der Waals surface area contributed by atoms with Crippen molar-refractivity contribution in [2.75, 3.05) is 26.3 Å². The van der Waals surface area contributed by atoms with Gasteiger partial charge in [-0.25, -0.2) is 13.2 Å². The number of sulfonamides is 1. The number of primary amides is 1. The molecule has 0 radical (unpaired) electrons. The highest BCUT2D eigenvalue weighted by molar-refractivity contribution is 7.89. The maximum absolute atomic E-state index is 12.5. The van der Waals surface area contributed by atoms with Gasteiger partial charge in [0.05, 0.1) is 23.7 Å². The molecule has 126 valence electrons. The molecule has 0 spiro atoms. The summed E-state index contributed by atoms with van der Waals surface area (Å²) in [4.78, 5) is 22.9. The molecule has 1 aliphatic rings. The van der Waals surface area contributed by atoms with Crippen LogP contribution in [0.1, 0.15) is 17.3 Å². The summed E-state index contributed by atoms with van der Waals surface area (Å²) >= 11 is 0. The van der Waals surface area contributed by atoms with Crippen molar-refractivity contribution in [2.45, 2.75) is 17.9 Å². The van der Waals surface area contributed by atoms with Gasteiger partial charge in [0.25, 0.3) is 5.91 Å². The molecule has 1 aliphatic heterocycles. The van der Waals surface area contributed by atoms with E-state index in [1.54, 1.807) is 0 Å². The summed E-state index contributed by atoms with van der Waals surface area (Å²) in [6, 6.07) is 5.48. The Bertz CT molecular complexity index is 697. The fourth-order valence-electron chi connectivity index (χ4n) is 2.01. The van der Waals surface area contributed by atoms with E-state index in [0.29, 0.717) is 13.2 Å². The second-order valence-electron chi connectivity index (χ2n) is 4.99. The predicted octanol–water partition coefficient (Wildman–Crippen LogP) is -0.262. The van der Waals surface area contributed by atoms with Crippen LogP contribution in [-0.2, 0) is 24.3 Å². The summed E-state index contributed by atoms with van der Waals surface area (Å²) in [5.74, 6) is -1.59. The smallest absolute Gasteiger partial charge is 0.338 e. The van der Waals surface area contributed by atoms with Crippen molar-refractivity contribution < 1.29 is 27.5 Å². The van der Waals surface area contributed by atoms with E-state index in [0.717, 1.165) is 0 Å². The third-order valence-electron chi connectivity index (χ3n) is 3.36. The van der Waals surface area contributed by atoms with Crippen molar-refractivity contribution in [3.8, 4) is 0 Å². The maximum Gasteiger partial charge on any atom is 0.338 e. The van der Waals surface area contributed by atoms with E-state index in [1.165, 1.54) is 35.5 Å². The lowest BCUT2D eigenvalue weighted by molar-refractivity contribution is -0.125. The zero-order valence-corrected chi connectivity index (χ0v) is 13.4. The van der Waals surface area contributed by atoms with Gasteiger partial charge in [-0.05, 0) is 25.1 Å².